The number of hydrogen-bond acceptors (Lipinski definition) is 4. The fourth-order valence-corrected chi connectivity index (χ4v) is 6.04. The molecule has 0 bridgehead atoms. The van der Waals surface area contributed by atoms with Gasteiger partial charge in [0.1, 0.15) is 11.7 Å². The molecule has 1 aliphatic heterocycles. The summed E-state index contributed by atoms with van der Waals surface area (Å²) in [7, 11) is 0. The van der Waals surface area contributed by atoms with Gasteiger partial charge in [0.15, 0.2) is 5.79 Å². The van der Waals surface area contributed by atoms with Gasteiger partial charge in [-0.05, 0) is 32.6 Å². The van der Waals surface area contributed by atoms with E-state index >= 15 is 0 Å². The molecule has 0 spiro atoms. The molecule has 2 rings (SSSR count). The van der Waals surface area contributed by atoms with Crippen LogP contribution in [-0.4, -0.2) is 30.1 Å². The molecule has 1 heterocycles. The molecule has 2 fully saturated rings. The Kier molecular flexibility index (Phi) is 15.2. The van der Waals surface area contributed by atoms with Crippen LogP contribution in [0.5, 0.6) is 0 Å². The minimum Gasteiger partial charge on any atom is -0.453 e. The summed E-state index contributed by atoms with van der Waals surface area (Å²) < 4.78 is 18.1. The van der Waals surface area contributed by atoms with Crippen LogP contribution in [0, 0.1) is 0 Å². The summed E-state index contributed by atoms with van der Waals surface area (Å²) >= 11 is 0. The van der Waals surface area contributed by atoms with Gasteiger partial charge in [0, 0.05) is 12.5 Å². The van der Waals surface area contributed by atoms with Crippen molar-refractivity contribution in [1.82, 2.24) is 0 Å². The smallest absolute Gasteiger partial charge is 0.330 e. The van der Waals surface area contributed by atoms with Gasteiger partial charge in [-0.1, -0.05) is 123 Å². The van der Waals surface area contributed by atoms with E-state index in [-0.39, 0.29) is 12.1 Å². The fourth-order valence-electron chi connectivity index (χ4n) is 6.04. The van der Waals surface area contributed by atoms with E-state index in [1.54, 1.807) is 0 Å². The first kappa shape index (κ1) is 30.4. The third-order valence-corrected chi connectivity index (χ3v) is 8.04. The van der Waals surface area contributed by atoms with Crippen LogP contribution in [0.4, 0.5) is 0 Å². The Bertz CT molecular complexity index is 576. The van der Waals surface area contributed by atoms with Gasteiger partial charge in [0.25, 0.3) is 0 Å². The number of esters is 1. The van der Waals surface area contributed by atoms with Gasteiger partial charge in [0.2, 0.25) is 0 Å². The van der Waals surface area contributed by atoms with Crippen LogP contribution in [0.1, 0.15) is 155 Å². The van der Waals surface area contributed by atoms with Crippen LogP contribution < -0.4 is 0 Å². The van der Waals surface area contributed by atoms with Crippen molar-refractivity contribution < 1.29 is 19.0 Å². The molecule has 4 heteroatoms. The predicted molar refractivity (Wildman–Crippen MR) is 145 cm³/mol. The maximum atomic E-state index is 11.8. The number of carbonyl (C=O) groups is 1. The highest BCUT2D eigenvalue weighted by atomic mass is 16.7. The van der Waals surface area contributed by atoms with Crippen molar-refractivity contribution in [2.24, 2.45) is 0 Å². The van der Waals surface area contributed by atoms with Crippen molar-refractivity contribution >= 4 is 5.97 Å². The first-order valence-electron chi connectivity index (χ1n) is 15.2. The van der Waals surface area contributed by atoms with Crippen molar-refractivity contribution in [3.63, 3.8) is 0 Å². The van der Waals surface area contributed by atoms with E-state index in [0.717, 1.165) is 25.7 Å². The predicted octanol–water partition coefficient (Wildman–Crippen LogP) is 9.20. The maximum Gasteiger partial charge on any atom is 0.330 e. The molecule has 1 aliphatic carbocycles. The van der Waals surface area contributed by atoms with Gasteiger partial charge >= 0.3 is 5.97 Å². The molecule has 1 saturated carbocycles. The van der Waals surface area contributed by atoms with E-state index in [2.05, 4.69) is 13.5 Å². The van der Waals surface area contributed by atoms with Gasteiger partial charge in [-0.2, -0.15) is 0 Å². The summed E-state index contributed by atoms with van der Waals surface area (Å²) in [5.74, 6) is -0.991. The SMILES string of the molecule is C=CC(=O)OC12CCCC1OC(C)(OCCCCCCCCCCCCCCCCCCCC)C2. The number of ether oxygens (including phenoxy) is 3. The number of fused-ring (bicyclic) bond motifs is 1. The molecule has 4 nitrogen and oxygen atoms in total. The van der Waals surface area contributed by atoms with Crippen molar-refractivity contribution in [2.75, 3.05) is 6.61 Å². The lowest BCUT2D eigenvalue weighted by Gasteiger charge is -2.28. The van der Waals surface area contributed by atoms with Crippen LogP contribution in [0.2, 0.25) is 0 Å². The number of unbranched alkanes of at least 4 members (excludes halogenated alkanes) is 17. The molecule has 1 saturated heterocycles. The lowest BCUT2D eigenvalue weighted by atomic mass is 9.94. The highest BCUT2D eigenvalue weighted by molar-refractivity contribution is 5.81. The molecule has 0 aromatic heterocycles. The Hall–Kier alpha value is -0.870. The second kappa shape index (κ2) is 17.6. The second-order valence-electron chi connectivity index (χ2n) is 11.4. The summed E-state index contributed by atoms with van der Waals surface area (Å²) in [5, 5.41) is 0. The molecule has 0 amide bonds. The highest BCUT2D eigenvalue weighted by Crippen LogP contribution is 2.50. The summed E-state index contributed by atoms with van der Waals surface area (Å²) in [6.45, 7) is 8.54. The molecule has 2 aliphatic rings. The molecule has 3 atom stereocenters. The largest absolute Gasteiger partial charge is 0.453 e. The van der Waals surface area contributed by atoms with Gasteiger partial charge in [-0.15, -0.1) is 0 Å². The second-order valence-corrected chi connectivity index (χ2v) is 11.4. The first-order valence-corrected chi connectivity index (χ1v) is 15.2. The zero-order chi connectivity index (χ0) is 25.2. The summed E-state index contributed by atoms with van der Waals surface area (Å²) in [6, 6.07) is 0. The lowest BCUT2D eigenvalue weighted by molar-refractivity contribution is -0.216. The number of carbonyl (C=O) groups excluding carboxylic acids is 1. The molecule has 0 radical (unpaired) electrons. The normalized spacial score (nSPS) is 25.6. The van der Waals surface area contributed by atoms with Crippen LogP contribution in [0.25, 0.3) is 0 Å². The van der Waals surface area contributed by atoms with Crippen molar-refractivity contribution in [3.8, 4) is 0 Å². The standard InChI is InChI=1S/C31H56O4/c1-4-6-7-8-9-10-11-12-13-14-15-16-17-18-19-20-21-22-26-33-30(3)27-31(35-29(32)5-2)25-23-24-28(31)34-30/h5,28H,2,4,6-27H2,1,3H3. The van der Waals surface area contributed by atoms with E-state index in [1.165, 1.54) is 115 Å². The minimum atomic E-state index is -0.638. The molecule has 204 valence electrons. The zero-order valence-corrected chi connectivity index (χ0v) is 23.3. The van der Waals surface area contributed by atoms with Crippen LogP contribution >= 0.6 is 0 Å². The molecular weight excluding hydrogens is 436 g/mol. The van der Waals surface area contributed by atoms with E-state index < -0.39 is 11.4 Å². The third-order valence-electron chi connectivity index (χ3n) is 8.04. The third kappa shape index (κ3) is 11.8. The lowest BCUT2D eigenvalue weighted by Crippen LogP contribution is -2.38. The minimum absolute atomic E-state index is 0.0447. The topological polar surface area (TPSA) is 44.8 Å². The van der Waals surface area contributed by atoms with Crippen molar-refractivity contribution in [3.05, 3.63) is 12.7 Å². The monoisotopic (exact) mass is 492 g/mol. The Morgan fingerprint density at radius 3 is 1.83 bits per heavy atom. The molecule has 0 aromatic carbocycles. The van der Waals surface area contributed by atoms with Crippen LogP contribution in [0.3, 0.4) is 0 Å². The summed E-state index contributed by atoms with van der Waals surface area (Å²) in [5.41, 5.74) is -0.520. The molecule has 0 aromatic rings. The first-order chi connectivity index (χ1) is 17.0. The van der Waals surface area contributed by atoms with Gasteiger partial charge in [-0.3, -0.25) is 0 Å². The van der Waals surface area contributed by atoms with Crippen molar-refractivity contribution in [2.45, 2.75) is 173 Å². The van der Waals surface area contributed by atoms with Crippen molar-refractivity contribution in [1.29, 1.82) is 0 Å². The van der Waals surface area contributed by atoms with E-state index in [0.29, 0.717) is 13.0 Å². The van der Waals surface area contributed by atoms with E-state index in [9.17, 15) is 4.79 Å². The van der Waals surface area contributed by atoms with E-state index in [4.69, 9.17) is 14.2 Å². The maximum absolute atomic E-state index is 11.8. The van der Waals surface area contributed by atoms with Gasteiger partial charge < -0.3 is 14.2 Å². The Morgan fingerprint density at radius 2 is 1.34 bits per heavy atom. The Morgan fingerprint density at radius 1 is 0.857 bits per heavy atom. The van der Waals surface area contributed by atoms with E-state index in [1.807, 2.05) is 6.92 Å². The average molecular weight is 493 g/mol. The quantitative estimate of drug-likeness (QED) is 0.0858. The molecule has 35 heavy (non-hydrogen) atoms. The summed E-state index contributed by atoms with van der Waals surface area (Å²) in [6.07, 6.45) is 29.5. The summed E-state index contributed by atoms with van der Waals surface area (Å²) in [4.78, 5) is 11.8. The van der Waals surface area contributed by atoms with Crippen LogP contribution in [-0.2, 0) is 19.0 Å². The fraction of sp³-hybridized carbons (Fsp3) is 0.903. The Labute approximate surface area is 216 Å². The van der Waals surface area contributed by atoms with Gasteiger partial charge in [-0.25, -0.2) is 4.79 Å². The molecular formula is C31H56O4. The number of rotatable bonds is 22. The Balaban J connectivity index is 1.37. The molecule has 3 unspecified atom stereocenters. The van der Waals surface area contributed by atoms with Gasteiger partial charge in [0.05, 0.1) is 6.61 Å². The number of hydrogen-bond donors (Lipinski definition) is 0. The average Bonchev–Trinajstić information content (AvgIpc) is 3.33. The van der Waals surface area contributed by atoms with Crippen LogP contribution in [0.15, 0.2) is 12.7 Å². The zero-order valence-electron chi connectivity index (χ0n) is 23.3. The highest BCUT2D eigenvalue weighted by Gasteiger charge is 2.59. The molecule has 0 N–H and O–H groups in total.